The predicted octanol–water partition coefficient (Wildman–Crippen LogP) is 3.26. The zero-order valence-electron chi connectivity index (χ0n) is 16.1. The van der Waals surface area contributed by atoms with Crippen molar-refractivity contribution in [2.45, 2.75) is 12.8 Å². The fourth-order valence-electron chi connectivity index (χ4n) is 3.97. The molecule has 7 nitrogen and oxygen atoms in total. The number of nitrogens with one attached hydrogen (secondary N) is 1. The van der Waals surface area contributed by atoms with Crippen molar-refractivity contribution in [2.75, 3.05) is 24.5 Å². The summed E-state index contributed by atoms with van der Waals surface area (Å²) in [4.78, 5) is 15.6. The van der Waals surface area contributed by atoms with Crippen LogP contribution in [0.3, 0.4) is 0 Å². The number of pyridine rings is 3. The molecular formula is C22H23N7. The van der Waals surface area contributed by atoms with Gasteiger partial charge in [0.05, 0.1) is 29.3 Å². The van der Waals surface area contributed by atoms with Crippen molar-refractivity contribution in [1.82, 2.24) is 25.1 Å². The van der Waals surface area contributed by atoms with Gasteiger partial charge in [-0.25, -0.2) is 0 Å². The fourth-order valence-corrected chi connectivity index (χ4v) is 3.97. The Balaban J connectivity index is 1.49. The maximum Gasteiger partial charge on any atom is 0.102 e. The van der Waals surface area contributed by atoms with E-state index in [1.54, 1.807) is 6.20 Å². The number of nitrogens with zero attached hydrogens (tertiary/aromatic N) is 5. The predicted molar refractivity (Wildman–Crippen MR) is 114 cm³/mol. The van der Waals surface area contributed by atoms with E-state index < -0.39 is 0 Å². The highest BCUT2D eigenvalue weighted by atomic mass is 15.1. The normalized spacial score (nSPS) is 15.1. The summed E-state index contributed by atoms with van der Waals surface area (Å²) < 4.78 is 0. The van der Waals surface area contributed by atoms with Crippen LogP contribution in [0.2, 0.25) is 0 Å². The Kier molecular flexibility index (Phi) is 4.65. The van der Waals surface area contributed by atoms with Crippen LogP contribution in [0.25, 0.3) is 33.4 Å². The minimum atomic E-state index is 0.635. The third kappa shape index (κ3) is 3.45. The molecule has 0 spiro atoms. The lowest BCUT2D eigenvalue weighted by Gasteiger charge is -2.33. The first-order chi connectivity index (χ1) is 14.3. The molecule has 3 N–H and O–H groups in total. The molecule has 0 saturated carbocycles. The Morgan fingerprint density at radius 1 is 1.03 bits per heavy atom. The molecule has 4 aromatic heterocycles. The Bertz CT molecular complexity index is 1110. The van der Waals surface area contributed by atoms with Gasteiger partial charge in [-0.1, -0.05) is 0 Å². The summed E-state index contributed by atoms with van der Waals surface area (Å²) >= 11 is 0. The van der Waals surface area contributed by atoms with Crippen LogP contribution in [0.4, 0.5) is 5.69 Å². The molecule has 0 atom stereocenters. The van der Waals surface area contributed by atoms with Crippen molar-refractivity contribution in [3.8, 4) is 22.5 Å². The molecule has 5 heterocycles. The largest absolute Gasteiger partial charge is 0.370 e. The number of hydrogen-bond donors (Lipinski definition) is 2. The Morgan fingerprint density at radius 3 is 2.69 bits per heavy atom. The number of H-pyrrole nitrogens is 1. The number of fused-ring (bicyclic) bond motifs is 1. The van der Waals surface area contributed by atoms with Gasteiger partial charge in [-0.2, -0.15) is 5.10 Å². The van der Waals surface area contributed by atoms with Gasteiger partial charge >= 0.3 is 0 Å². The number of anilines is 1. The van der Waals surface area contributed by atoms with E-state index in [-0.39, 0.29) is 0 Å². The van der Waals surface area contributed by atoms with E-state index >= 15 is 0 Å². The zero-order chi connectivity index (χ0) is 19.6. The van der Waals surface area contributed by atoms with Crippen molar-refractivity contribution in [2.24, 2.45) is 11.7 Å². The third-order valence-electron chi connectivity index (χ3n) is 5.71. The van der Waals surface area contributed by atoms with Crippen LogP contribution < -0.4 is 10.6 Å². The highest BCUT2D eigenvalue weighted by molar-refractivity contribution is 5.94. The van der Waals surface area contributed by atoms with Gasteiger partial charge in [-0.15, -0.1) is 0 Å². The summed E-state index contributed by atoms with van der Waals surface area (Å²) in [5, 5.41) is 8.68. The van der Waals surface area contributed by atoms with E-state index in [1.165, 1.54) is 0 Å². The van der Waals surface area contributed by atoms with Crippen molar-refractivity contribution in [3.05, 3.63) is 55.2 Å². The molecule has 5 rings (SSSR count). The second-order valence-corrected chi connectivity index (χ2v) is 7.53. The van der Waals surface area contributed by atoms with Crippen LogP contribution in [-0.4, -0.2) is 44.8 Å². The summed E-state index contributed by atoms with van der Waals surface area (Å²) in [5.41, 5.74) is 11.6. The molecule has 1 saturated heterocycles. The van der Waals surface area contributed by atoms with E-state index in [1.807, 2.05) is 36.9 Å². The molecule has 4 aromatic rings. The molecule has 1 aliphatic heterocycles. The van der Waals surface area contributed by atoms with E-state index in [4.69, 9.17) is 5.73 Å². The SMILES string of the molecule is NCC1CCN(c2cncc(-c3n[nH]c4cnc(-c5cccnc5)cc34)c2)CC1. The molecule has 1 aliphatic rings. The smallest absolute Gasteiger partial charge is 0.102 e. The molecular weight excluding hydrogens is 362 g/mol. The molecule has 0 aromatic carbocycles. The molecule has 0 unspecified atom stereocenters. The average molecular weight is 385 g/mol. The van der Waals surface area contributed by atoms with Crippen molar-refractivity contribution >= 4 is 16.6 Å². The lowest BCUT2D eigenvalue weighted by Crippen LogP contribution is -2.36. The Morgan fingerprint density at radius 2 is 1.90 bits per heavy atom. The standard InChI is InChI=1S/C22H23N7/c23-10-15-3-6-29(7-4-15)18-8-17(12-25-13-18)22-19-9-20(16-2-1-5-24-11-16)26-14-21(19)27-28-22/h1-2,5,8-9,11-15H,3-4,6-7,10,23H2,(H,27,28). The highest BCUT2D eigenvalue weighted by Gasteiger charge is 2.19. The first kappa shape index (κ1) is 17.8. The lowest BCUT2D eigenvalue weighted by molar-refractivity contribution is 0.414. The maximum absolute atomic E-state index is 5.83. The van der Waals surface area contributed by atoms with E-state index in [0.29, 0.717) is 5.92 Å². The number of aromatic amines is 1. The van der Waals surface area contributed by atoms with E-state index in [9.17, 15) is 0 Å². The van der Waals surface area contributed by atoms with Crippen molar-refractivity contribution < 1.29 is 0 Å². The van der Waals surface area contributed by atoms with Crippen LogP contribution in [0.15, 0.2) is 55.2 Å². The highest BCUT2D eigenvalue weighted by Crippen LogP contribution is 2.31. The molecule has 0 bridgehead atoms. The van der Waals surface area contributed by atoms with Crippen LogP contribution in [-0.2, 0) is 0 Å². The molecule has 0 amide bonds. The number of nitrogens with two attached hydrogens (primary N) is 1. The van der Waals surface area contributed by atoms with Crippen molar-refractivity contribution in [3.63, 3.8) is 0 Å². The van der Waals surface area contributed by atoms with Crippen LogP contribution in [0.1, 0.15) is 12.8 Å². The van der Waals surface area contributed by atoms with Crippen molar-refractivity contribution in [1.29, 1.82) is 0 Å². The molecule has 0 aliphatic carbocycles. The minimum Gasteiger partial charge on any atom is -0.370 e. The molecule has 146 valence electrons. The van der Waals surface area contributed by atoms with E-state index in [0.717, 1.165) is 71.6 Å². The summed E-state index contributed by atoms with van der Waals surface area (Å²) in [6, 6.07) is 8.16. The van der Waals surface area contributed by atoms with Gasteiger partial charge in [0.1, 0.15) is 5.69 Å². The second kappa shape index (κ2) is 7.60. The minimum absolute atomic E-state index is 0.635. The molecule has 0 radical (unpaired) electrons. The number of aromatic nitrogens is 5. The summed E-state index contributed by atoms with van der Waals surface area (Å²) in [5.74, 6) is 0.635. The van der Waals surface area contributed by atoms with E-state index in [2.05, 4.69) is 42.2 Å². The molecule has 7 heteroatoms. The topological polar surface area (TPSA) is 96.6 Å². The van der Waals surface area contributed by atoms with Gasteiger partial charge in [0.25, 0.3) is 0 Å². The summed E-state index contributed by atoms with van der Waals surface area (Å²) in [6.45, 7) is 2.81. The van der Waals surface area contributed by atoms with Gasteiger partial charge in [0.2, 0.25) is 0 Å². The summed E-state index contributed by atoms with van der Waals surface area (Å²) in [6.07, 6.45) is 11.5. The van der Waals surface area contributed by atoms with Gasteiger partial charge < -0.3 is 10.6 Å². The first-order valence-corrected chi connectivity index (χ1v) is 9.97. The second-order valence-electron chi connectivity index (χ2n) is 7.53. The monoisotopic (exact) mass is 385 g/mol. The van der Waals surface area contributed by atoms with Crippen LogP contribution in [0.5, 0.6) is 0 Å². The van der Waals surface area contributed by atoms with Gasteiger partial charge in [-0.3, -0.25) is 20.1 Å². The fraction of sp³-hybridized carbons (Fsp3) is 0.273. The number of rotatable bonds is 4. The Hall–Kier alpha value is -3.32. The number of piperidine rings is 1. The number of hydrogen-bond acceptors (Lipinski definition) is 6. The van der Waals surface area contributed by atoms with Gasteiger partial charge in [0, 0.05) is 48.2 Å². The van der Waals surface area contributed by atoms with Crippen LogP contribution >= 0.6 is 0 Å². The average Bonchev–Trinajstić information content (AvgIpc) is 3.23. The third-order valence-corrected chi connectivity index (χ3v) is 5.71. The van der Waals surface area contributed by atoms with Gasteiger partial charge in [0.15, 0.2) is 0 Å². The molecule has 29 heavy (non-hydrogen) atoms. The van der Waals surface area contributed by atoms with Crippen LogP contribution in [0, 0.1) is 5.92 Å². The zero-order valence-corrected chi connectivity index (χ0v) is 16.1. The van der Waals surface area contributed by atoms with Gasteiger partial charge in [-0.05, 0) is 49.6 Å². The molecule has 1 fully saturated rings. The Labute approximate surface area is 169 Å². The summed E-state index contributed by atoms with van der Waals surface area (Å²) in [7, 11) is 0. The quantitative estimate of drug-likeness (QED) is 0.560. The first-order valence-electron chi connectivity index (χ1n) is 9.97. The lowest BCUT2D eigenvalue weighted by atomic mass is 9.97. The maximum atomic E-state index is 5.83.